The molecule has 0 amide bonds. The van der Waals surface area contributed by atoms with Crippen molar-refractivity contribution in [3.63, 3.8) is 0 Å². The molecular formula is C13H14O4. The molecule has 4 heteroatoms. The summed E-state index contributed by atoms with van der Waals surface area (Å²) in [6, 6.07) is 4.93. The highest BCUT2D eigenvalue weighted by Gasteiger charge is 2.10. The third-order valence-corrected chi connectivity index (χ3v) is 2.51. The Morgan fingerprint density at radius 3 is 2.71 bits per heavy atom. The van der Waals surface area contributed by atoms with Crippen LogP contribution in [0.25, 0.3) is 11.0 Å². The zero-order chi connectivity index (χ0) is 12.4. The topological polar surface area (TPSA) is 48.7 Å². The summed E-state index contributed by atoms with van der Waals surface area (Å²) in [7, 11) is 1.57. The molecule has 0 bridgehead atoms. The Labute approximate surface area is 98.8 Å². The molecule has 4 nitrogen and oxygen atoms in total. The molecule has 0 saturated heterocycles. The van der Waals surface area contributed by atoms with Crippen molar-refractivity contribution in [1.29, 1.82) is 0 Å². The second-order valence-electron chi connectivity index (χ2n) is 3.68. The molecule has 0 aliphatic heterocycles. The number of benzene rings is 1. The lowest BCUT2D eigenvalue weighted by Crippen LogP contribution is -2.02. The van der Waals surface area contributed by atoms with Gasteiger partial charge in [-0.2, -0.15) is 0 Å². The number of aryl methyl sites for hydroxylation is 1. The highest BCUT2D eigenvalue weighted by molar-refractivity contribution is 5.87. The Hall–Kier alpha value is -1.97. The van der Waals surface area contributed by atoms with E-state index in [0.29, 0.717) is 23.7 Å². The Kier molecular flexibility index (Phi) is 3.04. The van der Waals surface area contributed by atoms with E-state index in [2.05, 4.69) is 0 Å². The minimum absolute atomic E-state index is 0.423. The maximum Gasteiger partial charge on any atom is 0.339 e. The van der Waals surface area contributed by atoms with Crippen molar-refractivity contribution in [2.75, 3.05) is 13.7 Å². The maximum atomic E-state index is 11.4. The summed E-state index contributed by atoms with van der Waals surface area (Å²) >= 11 is 0. The number of hydrogen-bond acceptors (Lipinski definition) is 4. The molecule has 1 aromatic carbocycles. The first-order valence-corrected chi connectivity index (χ1v) is 5.41. The summed E-state index contributed by atoms with van der Waals surface area (Å²) in [4.78, 5) is 11.4. The summed E-state index contributed by atoms with van der Waals surface area (Å²) in [5, 5.41) is 0.812. The summed E-state index contributed by atoms with van der Waals surface area (Å²) in [5.74, 6) is 1.21. The molecule has 17 heavy (non-hydrogen) atoms. The highest BCUT2D eigenvalue weighted by Crippen LogP contribution is 2.30. The van der Waals surface area contributed by atoms with E-state index in [0.717, 1.165) is 10.9 Å². The van der Waals surface area contributed by atoms with Gasteiger partial charge in [0, 0.05) is 6.07 Å². The Morgan fingerprint density at radius 2 is 2.06 bits per heavy atom. The number of rotatable bonds is 3. The molecule has 1 aromatic heterocycles. The first-order chi connectivity index (χ1) is 8.15. The molecule has 0 radical (unpaired) electrons. The van der Waals surface area contributed by atoms with E-state index in [1.165, 1.54) is 6.07 Å². The summed E-state index contributed by atoms with van der Waals surface area (Å²) in [6.45, 7) is 4.30. The van der Waals surface area contributed by atoms with Crippen molar-refractivity contribution >= 4 is 11.0 Å². The van der Waals surface area contributed by atoms with Crippen LogP contribution in [0.4, 0.5) is 0 Å². The zero-order valence-corrected chi connectivity index (χ0v) is 10.1. The molecule has 0 aliphatic carbocycles. The second kappa shape index (κ2) is 4.49. The van der Waals surface area contributed by atoms with Crippen LogP contribution in [0.3, 0.4) is 0 Å². The van der Waals surface area contributed by atoms with Gasteiger partial charge in [-0.15, -0.1) is 0 Å². The van der Waals surface area contributed by atoms with Crippen molar-refractivity contribution in [3.8, 4) is 11.5 Å². The van der Waals surface area contributed by atoms with Gasteiger partial charge < -0.3 is 13.9 Å². The van der Waals surface area contributed by atoms with Gasteiger partial charge in [0.05, 0.1) is 25.2 Å². The van der Waals surface area contributed by atoms with E-state index in [4.69, 9.17) is 13.9 Å². The van der Waals surface area contributed by atoms with Crippen LogP contribution in [-0.2, 0) is 0 Å². The van der Waals surface area contributed by atoms with E-state index in [9.17, 15) is 4.79 Å². The van der Waals surface area contributed by atoms with Crippen LogP contribution in [-0.4, -0.2) is 13.7 Å². The van der Waals surface area contributed by atoms with Gasteiger partial charge in [-0.25, -0.2) is 4.79 Å². The quantitative estimate of drug-likeness (QED) is 0.765. The van der Waals surface area contributed by atoms with E-state index in [1.54, 1.807) is 13.2 Å². The fourth-order valence-corrected chi connectivity index (χ4v) is 1.82. The molecule has 0 unspecified atom stereocenters. The van der Waals surface area contributed by atoms with E-state index in [-0.39, 0.29) is 0 Å². The average molecular weight is 234 g/mol. The fourth-order valence-electron chi connectivity index (χ4n) is 1.82. The molecule has 2 aromatic rings. The zero-order valence-electron chi connectivity index (χ0n) is 10.1. The number of fused-ring (bicyclic) bond motifs is 1. The van der Waals surface area contributed by atoms with Crippen LogP contribution in [0.2, 0.25) is 0 Å². The predicted molar refractivity (Wildman–Crippen MR) is 64.9 cm³/mol. The first-order valence-electron chi connectivity index (χ1n) is 5.41. The van der Waals surface area contributed by atoms with Gasteiger partial charge in [-0.05, 0) is 25.5 Å². The second-order valence-corrected chi connectivity index (χ2v) is 3.68. The van der Waals surface area contributed by atoms with Crippen molar-refractivity contribution in [2.24, 2.45) is 0 Å². The minimum atomic E-state index is -0.423. The van der Waals surface area contributed by atoms with Gasteiger partial charge >= 0.3 is 5.63 Å². The van der Waals surface area contributed by atoms with Gasteiger partial charge in [0.15, 0.2) is 0 Å². The Morgan fingerprint density at radius 1 is 1.29 bits per heavy atom. The molecule has 0 atom stereocenters. The standard InChI is InChI=1S/C13H14O4/c1-4-16-10-7-12(14)17-11-6-9(15-3)5-8(2)13(10)11/h5-7H,4H2,1-3H3. The lowest BCUT2D eigenvalue weighted by atomic mass is 10.1. The number of hydrogen-bond donors (Lipinski definition) is 0. The van der Waals surface area contributed by atoms with Crippen molar-refractivity contribution in [3.05, 3.63) is 34.2 Å². The number of ether oxygens (including phenoxy) is 2. The van der Waals surface area contributed by atoms with E-state index < -0.39 is 5.63 Å². The average Bonchev–Trinajstić information content (AvgIpc) is 2.27. The molecule has 0 aliphatic rings. The van der Waals surface area contributed by atoms with Crippen LogP contribution in [0.1, 0.15) is 12.5 Å². The van der Waals surface area contributed by atoms with Crippen molar-refractivity contribution < 1.29 is 13.9 Å². The molecule has 2 rings (SSSR count). The van der Waals surface area contributed by atoms with Gasteiger partial charge in [-0.3, -0.25) is 0 Å². The largest absolute Gasteiger partial charge is 0.497 e. The fraction of sp³-hybridized carbons (Fsp3) is 0.308. The highest BCUT2D eigenvalue weighted by atomic mass is 16.5. The molecule has 0 spiro atoms. The SMILES string of the molecule is CCOc1cc(=O)oc2cc(OC)cc(C)c12. The Balaban J connectivity index is 2.79. The van der Waals surface area contributed by atoms with Crippen LogP contribution >= 0.6 is 0 Å². The van der Waals surface area contributed by atoms with Gasteiger partial charge in [0.25, 0.3) is 0 Å². The normalized spacial score (nSPS) is 10.5. The van der Waals surface area contributed by atoms with E-state index >= 15 is 0 Å². The molecule has 0 saturated carbocycles. The molecule has 90 valence electrons. The van der Waals surface area contributed by atoms with Crippen LogP contribution in [0.5, 0.6) is 11.5 Å². The maximum absolute atomic E-state index is 11.4. The number of methoxy groups -OCH3 is 1. The minimum Gasteiger partial charge on any atom is -0.497 e. The molecular weight excluding hydrogens is 220 g/mol. The van der Waals surface area contributed by atoms with Gasteiger partial charge in [-0.1, -0.05) is 0 Å². The van der Waals surface area contributed by atoms with Gasteiger partial charge in [0.2, 0.25) is 0 Å². The van der Waals surface area contributed by atoms with Gasteiger partial charge in [0.1, 0.15) is 17.1 Å². The lowest BCUT2D eigenvalue weighted by Gasteiger charge is -2.09. The summed E-state index contributed by atoms with van der Waals surface area (Å²) in [5.41, 5.74) is 1.01. The van der Waals surface area contributed by atoms with Crippen LogP contribution in [0, 0.1) is 6.92 Å². The molecule has 1 heterocycles. The monoisotopic (exact) mass is 234 g/mol. The summed E-state index contributed by atoms with van der Waals surface area (Å²) < 4.78 is 15.7. The molecule has 0 N–H and O–H groups in total. The molecule has 0 fully saturated rings. The van der Waals surface area contributed by atoms with Crippen LogP contribution in [0.15, 0.2) is 27.4 Å². The summed E-state index contributed by atoms with van der Waals surface area (Å²) in [6.07, 6.45) is 0. The first kappa shape index (κ1) is 11.5. The van der Waals surface area contributed by atoms with Crippen LogP contribution < -0.4 is 15.1 Å². The third kappa shape index (κ3) is 2.11. The predicted octanol–water partition coefficient (Wildman–Crippen LogP) is 2.51. The third-order valence-electron chi connectivity index (χ3n) is 2.51. The van der Waals surface area contributed by atoms with Crippen molar-refractivity contribution in [1.82, 2.24) is 0 Å². The van der Waals surface area contributed by atoms with E-state index in [1.807, 2.05) is 19.9 Å². The lowest BCUT2D eigenvalue weighted by molar-refractivity contribution is 0.340. The smallest absolute Gasteiger partial charge is 0.339 e. The van der Waals surface area contributed by atoms with Crippen molar-refractivity contribution in [2.45, 2.75) is 13.8 Å². The Bertz CT molecular complexity index is 598.